The topological polar surface area (TPSA) is 64.0 Å². The Bertz CT molecular complexity index is 995. The molecule has 0 aliphatic heterocycles. The number of carbonyl (C=O) groups is 1. The molecule has 0 saturated carbocycles. The maximum Gasteiger partial charge on any atom is 0.266 e. The van der Waals surface area contributed by atoms with E-state index in [4.69, 9.17) is 0 Å². The van der Waals surface area contributed by atoms with E-state index >= 15 is 0 Å². The summed E-state index contributed by atoms with van der Waals surface area (Å²) in [4.78, 5) is 31.0. The summed E-state index contributed by atoms with van der Waals surface area (Å²) in [6.45, 7) is 3.07. The van der Waals surface area contributed by atoms with Crippen LogP contribution in [-0.4, -0.2) is 22.1 Å². The number of rotatable bonds is 6. The lowest BCUT2D eigenvalue weighted by Gasteiger charge is -2.10. The number of amides is 1. The fourth-order valence-electron chi connectivity index (χ4n) is 2.91. The average Bonchev–Trinajstić information content (AvgIpc) is 2.96. The molecule has 0 atom stereocenters. The molecule has 0 unspecified atom stereocenters. The number of anilines is 1. The molecule has 3 aromatic rings. The van der Waals surface area contributed by atoms with Crippen LogP contribution in [0.3, 0.4) is 0 Å². The van der Waals surface area contributed by atoms with E-state index in [1.807, 2.05) is 25.1 Å². The molecule has 0 bridgehead atoms. The molecule has 0 aliphatic carbocycles. The minimum absolute atomic E-state index is 0.0159. The SMILES string of the molecule is CCCc1nc2sc(C(=O)Nc3ccccc3)c(C)c2c(=O)n1CCF. The Balaban J connectivity index is 2.08. The van der Waals surface area contributed by atoms with Crippen molar-refractivity contribution in [1.29, 1.82) is 0 Å². The van der Waals surface area contributed by atoms with E-state index in [2.05, 4.69) is 10.3 Å². The van der Waals surface area contributed by atoms with E-state index in [-0.39, 0.29) is 18.0 Å². The molecule has 7 heteroatoms. The van der Waals surface area contributed by atoms with Crippen LogP contribution in [0.2, 0.25) is 0 Å². The number of carbonyl (C=O) groups excluding carboxylic acids is 1. The Labute approximate surface area is 154 Å². The number of para-hydroxylation sites is 1. The number of alkyl halides is 1. The second kappa shape index (κ2) is 7.78. The van der Waals surface area contributed by atoms with E-state index in [0.29, 0.717) is 38.6 Å². The first-order valence-corrected chi connectivity index (χ1v) is 9.33. The number of benzene rings is 1. The maximum atomic E-state index is 12.9. The molecule has 0 saturated heterocycles. The Morgan fingerprint density at radius 3 is 2.69 bits per heavy atom. The van der Waals surface area contributed by atoms with Crippen LogP contribution in [-0.2, 0) is 13.0 Å². The first-order valence-electron chi connectivity index (χ1n) is 8.52. The molecule has 5 nitrogen and oxygen atoms in total. The van der Waals surface area contributed by atoms with Crippen LogP contribution in [0.5, 0.6) is 0 Å². The molecular weight excluding hydrogens is 353 g/mol. The minimum atomic E-state index is -0.631. The number of halogens is 1. The summed E-state index contributed by atoms with van der Waals surface area (Å²) in [6, 6.07) is 9.13. The third-order valence-electron chi connectivity index (χ3n) is 4.15. The highest BCUT2D eigenvalue weighted by Gasteiger charge is 2.21. The van der Waals surface area contributed by atoms with Crippen molar-refractivity contribution in [3.05, 3.63) is 57.0 Å². The van der Waals surface area contributed by atoms with Crippen molar-refractivity contribution < 1.29 is 9.18 Å². The van der Waals surface area contributed by atoms with Crippen LogP contribution in [0.4, 0.5) is 10.1 Å². The molecule has 0 spiro atoms. The molecule has 1 amide bonds. The highest BCUT2D eigenvalue weighted by molar-refractivity contribution is 7.20. The summed E-state index contributed by atoms with van der Waals surface area (Å²) in [5.41, 5.74) is 0.999. The van der Waals surface area contributed by atoms with Crippen molar-refractivity contribution in [2.24, 2.45) is 0 Å². The van der Waals surface area contributed by atoms with Crippen molar-refractivity contribution in [3.8, 4) is 0 Å². The number of fused-ring (bicyclic) bond motifs is 1. The molecule has 26 heavy (non-hydrogen) atoms. The molecule has 0 radical (unpaired) electrons. The van der Waals surface area contributed by atoms with Gasteiger partial charge in [-0.2, -0.15) is 0 Å². The Kier molecular flexibility index (Phi) is 5.46. The molecule has 1 N–H and O–H groups in total. The van der Waals surface area contributed by atoms with E-state index in [0.717, 1.165) is 6.42 Å². The van der Waals surface area contributed by atoms with Crippen LogP contribution in [0.1, 0.15) is 34.4 Å². The van der Waals surface area contributed by atoms with E-state index in [1.54, 1.807) is 19.1 Å². The third-order valence-corrected chi connectivity index (χ3v) is 5.33. The fraction of sp³-hybridized carbons (Fsp3) is 0.316. The van der Waals surface area contributed by atoms with Crippen molar-refractivity contribution in [2.75, 3.05) is 12.0 Å². The summed E-state index contributed by atoms with van der Waals surface area (Å²) < 4.78 is 14.3. The van der Waals surface area contributed by atoms with Gasteiger partial charge in [0.05, 0.1) is 16.8 Å². The molecule has 0 aliphatic rings. The molecular formula is C19H20FN3O2S. The summed E-state index contributed by atoms with van der Waals surface area (Å²) in [7, 11) is 0. The zero-order valence-corrected chi connectivity index (χ0v) is 15.5. The first kappa shape index (κ1) is 18.3. The number of thiophene rings is 1. The van der Waals surface area contributed by atoms with Gasteiger partial charge in [0, 0.05) is 12.1 Å². The molecule has 2 aromatic heterocycles. The number of hydrogen-bond acceptors (Lipinski definition) is 4. The van der Waals surface area contributed by atoms with E-state index in [9.17, 15) is 14.0 Å². The quantitative estimate of drug-likeness (QED) is 0.712. The smallest absolute Gasteiger partial charge is 0.266 e. The van der Waals surface area contributed by atoms with Crippen molar-refractivity contribution in [3.63, 3.8) is 0 Å². The van der Waals surface area contributed by atoms with Crippen LogP contribution < -0.4 is 10.9 Å². The van der Waals surface area contributed by atoms with Crippen LogP contribution in [0, 0.1) is 6.92 Å². The molecule has 3 rings (SSSR count). The lowest BCUT2D eigenvalue weighted by Crippen LogP contribution is -2.26. The summed E-state index contributed by atoms with van der Waals surface area (Å²) >= 11 is 1.20. The van der Waals surface area contributed by atoms with Gasteiger partial charge in [-0.05, 0) is 31.0 Å². The third kappa shape index (κ3) is 3.39. The summed E-state index contributed by atoms with van der Waals surface area (Å²) in [5, 5.41) is 3.24. The van der Waals surface area contributed by atoms with Crippen molar-refractivity contribution >= 4 is 33.1 Å². The maximum absolute atomic E-state index is 12.9. The predicted molar refractivity (Wildman–Crippen MR) is 103 cm³/mol. The lowest BCUT2D eigenvalue weighted by molar-refractivity contribution is 0.103. The van der Waals surface area contributed by atoms with E-state index < -0.39 is 6.67 Å². The van der Waals surface area contributed by atoms with E-state index in [1.165, 1.54) is 15.9 Å². The minimum Gasteiger partial charge on any atom is -0.321 e. The Morgan fingerprint density at radius 1 is 1.31 bits per heavy atom. The number of aromatic nitrogens is 2. The zero-order chi connectivity index (χ0) is 18.7. The number of aryl methyl sites for hydroxylation is 2. The zero-order valence-electron chi connectivity index (χ0n) is 14.7. The highest BCUT2D eigenvalue weighted by Crippen LogP contribution is 2.28. The van der Waals surface area contributed by atoms with Gasteiger partial charge in [-0.1, -0.05) is 25.1 Å². The number of nitrogens with zero attached hydrogens (tertiary/aromatic N) is 2. The fourth-order valence-corrected chi connectivity index (χ4v) is 4.00. The molecule has 1 aromatic carbocycles. The average molecular weight is 373 g/mol. The summed E-state index contributed by atoms with van der Waals surface area (Å²) in [5.74, 6) is 0.295. The second-order valence-corrected chi connectivity index (χ2v) is 6.98. The van der Waals surface area contributed by atoms with Crippen LogP contribution in [0.15, 0.2) is 35.1 Å². The van der Waals surface area contributed by atoms with Gasteiger partial charge in [0.2, 0.25) is 0 Å². The first-order chi connectivity index (χ1) is 12.6. The van der Waals surface area contributed by atoms with Gasteiger partial charge in [0.25, 0.3) is 11.5 Å². The van der Waals surface area contributed by atoms with Crippen molar-refractivity contribution in [1.82, 2.24) is 9.55 Å². The largest absolute Gasteiger partial charge is 0.321 e. The molecule has 2 heterocycles. The van der Waals surface area contributed by atoms with Gasteiger partial charge in [0.1, 0.15) is 17.3 Å². The Hall–Kier alpha value is -2.54. The standard InChI is InChI=1S/C19H20FN3O2S/c1-3-7-14-22-18-15(19(25)23(14)11-10-20)12(2)16(26-18)17(24)21-13-8-5-4-6-9-13/h4-6,8-9H,3,7,10-11H2,1-2H3,(H,21,24). The van der Waals surface area contributed by atoms with Gasteiger partial charge in [-0.25, -0.2) is 9.37 Å². The van der Waals surface area contributed by atoms with Gasteiger partial charge >= 0.3 is 0 Å². The Morgan fingerprint density at radius 2 is 2.04 bits per heavy atom. The monoisotopic (exact) mass is 373 g/mol. The van der Waals surface area contributed by atoms with Gasteiger partial charge < -0.3 is 5.32 Å². The normalized spacial score (nSPS) is 11.0. The lowest BCUT2D eigenvalue weighted by atomic mass is 10.2. The number of hydrogen-bond donors (Lipinski definition) is 1. The number of nitrogens with one attached hydrogen (secondary N) is 1. The molecule has 0 fully saturated rings. The highest BCUT2D eigenvalue weighted by atomic mass is 32.1. The predicted octanol–water partition coefficient (Wildman–Crippen LogP) is 3.94. The second-order valence-electron chi connectivity index (χ2n) is 5.98. The van der Waals surface area contributed by atoms with Gasteiger partial charge in [-0.3, -0.25) is 14.2 Å². The van der Waals surface area contributed by atoms with Gasteiger partial charge in [0.15, 0.2) is 0 Å². The van der Waals surface area contributed by atoms with Crippen LogP contribution in [0.25, 0.3) is 10.2 Å². The summed E-state index contributed by atoms with van der Waals surface area (Å²) in [6.07, 6.45) is 1.39. The van der Waals surface area contributed by atoms with Gasteiger partial charge in [-0.15, -0.1) is 11.3 Å². The van der Waals surface area contributed by atoms with Crippen LogP contribution >= 0.6 is 11.3 Å². The molecule has 136 valence electrons. The van der Waals surface area contributed by atoms with Crippen molar-refractivity contribution in [2.45, 2.75) is 33.2 Å².